The third-order valence-corrected chi connectivity index (χ3v) is 4.19. The van der Waals surface area contributed by atoms with E-state index < -0.39 is 0 Å². The van der Waals surface area contributed by atoms with E-state index in [9.17, 15) is 0 Å². The molecule has 0 aliphatic carbocycles. The van der Waals surface area contributed by atoms with Crippen LogP contribution in [0.5, 0.6) is 5.75 Å². The average molecular weight is 320 g/mol. The molecule has 3 heteroatoms. The summed E-state index contributed by atoms with van der Waals surface area (Å²) in [5.74, 6) is 0.890. The molecule has 0 aromatic heterocycles. The molecule has 1 atom stereocenters. The zero-order valence-corrected chi connectivity index (χ0v) is 13.0. The Bertz CT molecular complexity index is 595. The van der Waals surface area contributed by atoms with Crippen LogP contribution in [0.2, 0.25) is 0 Å². The van der Waals surface area contributed by atoms with Gasteiger partial charge in [-0.25, -0.2) is 0 Å². The average Bonchev–Trinajstić information content (AvgIpc) is 2.41. The molecule has 0 amide bonds. The summed E-state index contributed by atoms with van der Waals surface area (Å²) < 4.78 is 6.36. The van der Waals surface area contributed by atoms with E-state index in [0.29, 0.717) is 0 Å². The van der Waals surface area contributed by atoms with E-state index in [-0.39, 0.29) is 6.04 Å². The minimum absolute atomic E-state index is 0.124. The van der Waals surface area contributed by atoms with Crippen LogP contribution in [0, 0.1) is 13.8 Å². The molecule has 0 fully saturated rings. The van der Waals surface area contributed by atoms with Gasteiger partial charge in [-0.1, -0.05) is 40.2 Å². The van der Waals surface area contributed by atoms with Crippen LogP contribution in [0.3, 0.4) is 0 Å². The van der Waals surface area contributed by atoms with E-state index in [1.807, 2.05) is 19.1 Å². The Balaban J connectivity index is 2.35. The summed E-state index contributed by atoms with van der Waals surface area (Å²) in [4.78, 5) is 0. The number of methoxy groups -OCH3 is 1. The van der Waals surface area contributed by atoms with E-state index in [4.69, 9.17) is 10.5 Å². The van der Waals surface area contributed by atoms with Crippen molar-refractivity contribution in [2.75, 3.05) is 7.11 Å². The molecular weight excluding hydrogens is 302 g/mol. The number of aryl methyl sites for hydroxylation is 2. The van der Waals surface area contributed by atoms with Crippen LogP contribution in [-0.4, -0.2) is 7.11 Å². The fourth-order valence-corrected chi connectivity index (χ4v) is 2.49. The lowest BCUT2D eigenvalue weighted by Crippen LogP contribution is -2.12. The Morgan fingerprint density at radius 3 is 2.21 bits per heavy atom. The van der Waals surface area contributed by atoms with Gasteiger partial charge in [0.1, 0.15) is 5.75 Å². The van der Waals surface area contributed by atoms with Gasteiger partial charge in [0.25, 0.3) is 0 Å². The number of ether oxygens (including phenoxy) is 1. The van der Waals surface area contributed by atoms with E-state index in [0.717, 1.165) is 26.9 Å². The van der Waals surface area contributed by atoms with Crippen molar-refractivity contribution in [1.82, 2.24) is 0 Å². The summed E-state index contributed by atoms with van der Waals surface area (Å²) in [5.41, 5.74) is 10.8. The monoisotopic (exact) mass is 319 g/mol. The molecule has 1 unspecified atom stereocenters. The van der Waals surface area contributed by atoms with Crippen LogP contribution >= 0.6 is 15.9 Å². The second-order valence-electron chi connectivity index (χ2n) is 4.72. The van der Waals surface area contributed by atoms with Crippen molar-refractivity contribution in [2.45, 2.75) is 19.9 Å². The van der Waals surface area contributed by atoms with Gasteiger partial charge < -0.3 is 10.5 Å². The maximum Gasteiger partial charge on any atom is 0.121 e. The maximum atomic E-state index is 6.33. The van der Waals surface area contributed by atoms with Crippen LogP contribution in [0.4, 0.5) is 0 Å². The molecular formula is C16H18BrNO. The van der Waals surface area contributed by atoms with Crippen molar-refractivity contribution < 1.29 is 4.74 Å². The zero-order valence-electron chi connectivity index (χ0n) is 11.4. The highest BCUT2D eigenvalue weighted by molar-refractivity contribution is 9.10. The standard InChI is InChI=1S/C16H18BrNO/c1-10-4-5-13(9-14(10)17)16(18)12-6-7-15(19-3)11(2)8-12/h4-9,16H,18H2,1-3H3. The van der Waals surface area contributed by atoms with Gasteiger partial charge in [0.15, 0.2) is 0 Å². The zero-order chi connectivity index (χ0) is 14.0. The van der Waals surface area contributed by atoms with Crippen molar-refractivity contribution in [2.24, 2.45) is 5.73 Å². The molecule has 19 heavy (non-hydrogen) atoms. The van der Waals surface area contributed by atoms with Crippen LogP contribution < -0.4 is 10.5 Å². The first-order chi connectivity index (χ1) is 9.02. The molecule has 2 nitrogen and oxygen atoms in total. The van der Waals surface area contributed by atoms with E-state index in [1.54, 1.807) is 7.11 Å². The maximum absolute atomic E-state index is 6.33. The quantitative estimate of drug-likeness (QED) is 0.923. The second-order valence-corrected chi connectivity index (χ2v) is 5.57. The van der Waals surface area contributed by atoms with Crippen molar-refractivity contribution >= 4 is 15.9 Å². The number of halogens is 1. The van der Waals surface area contributed by atoms with Crippen molar-refractivity contribution in [3.63, 3.8) is 0 Å². The highest BCUT2D eigenvalue weighted by Crippen LogP contribution is 2.27. The molecule has 0 aliphatic heterocycles. The first-order valence-corrected chi connectivity index (χ1v) is 6.98. The van der Waals surface area contributed by atoms with Crippen molar-refractivity contribution in [3.8, 4) is 5.75 Å². The third-order valence-electron chi connectivity index (χ3n) is 3.33. The van der Waals surface area contributed by atoms with E-state index >= 15 is 0 Å². The molecule has 2 aromatic carbocycles. The molecule has 0 spiro atoms. The van der Waals surface area contributed by atoms with Gasteiger partial charge in [-0.15, -0.1) is 0 Å². The number of rotatable bonds is 3. The van der Waals surface area contributed by atoms with Gasteiger partial charge in [-0.2, -0.15) is 0 Å². The first-order valence-electron chi connectivity index (χ1n) is 6.19. The highest BCUT2D eigenvalue weighted by atomic mass is 79.9. The molecule has 0 bridgehead atoms. The fourth-order valence-electron chi connectivity index (χ4n) is 2.09. The molecule has 0 heterocycles. The van der Waals surface area contributed by atoms with Crippen molar-refractivity contribution in [1.29, 1.82) is 0 Å². The molecule has 0 saturated heterocycles. The van der Waals surface area contributed by atoms with Crippen molar-refractivity contribution in [3.05, 3.63) is 63.1 Å². The molecule has 2 rings (SSSR count). The van der Waals surface area contributed by atoms with Gasteiger partial charge in [-0.3, -0.25) is 0 Å². The lowest BCUT2D eigenvalue weighted by Gasteiger charge is -2.15. The van der Waals surface area contributed by atoms with Gasteiger partial charge in [0.2, 0.25) is 0 Å². The minimum Gasteiger partial charge on any atom is -0.496 e. The predicted molar refractivity (Wildman–Crippen MR) is 82.6 cm³/mol. The number of hydrogen-bond acceptors (Lipinski definition) is 2. The van der Waals surface area contributed by atoms with Gasteiger partial charge >= 0.3 is 0 Å². The van der Waals surface area contributed by atoms with Gasteiger partial charge in [0.05, 0.1) is 13.2 Å². The Morgan fingerprint density at radius 2 is 1.63 bits per heavy atom. The van der Waals surface area contributed by atoms with Crippen LogP contribution in [-0.2, 0) is 0 Å². The fraction of sp³-hybridized carbons (Fsp3) is 0.250. The molecule has 2 N–H and O–H groups in total. The normalized spacial score (nSPS) is 12.3. The summed E-state index contributed by atoms with van der Waals surface area (Å²) >= 11 is 3.55. The second kappa shape index (κ2) is 5.76. The minimum atomic E-state index is -0.124. The summed E-state index contributed by atoms with van der Waals surface area (Å²) in [6.45, 7) is 4.09. The smallest absolute Gasteiger partial charge is 0.121 e. The number of nitrogens with two attached hydrogens (primary N) is 1. The lowest BCUT2D eigenvalue weighted by atomic mass is 9.97. The SMILES string of the molecule is COc1ccc(C(N)c2ccc(C)c(Br)c2)cc1C. The Kier molecular flexibility index (Phi) is 4.27. The molecule has 100 valence electrons. The molecule has 2 aromatic rings. The first kappa shape index (κ1) is 14.1. The topological polar surface area (TPSA) is 35.2 Å². The van der Waals surface area contributed by atoms with E-state index in [2.05, 4.69) is 47.1 Å². The molecule has 0 saturated carbocycles. The largest absolute Gasteiger partial charge is 0.496 e. The van der Waals surface area contributed by atoms with Gasteiger partial charge in [-0.05, 0) is 48.2 Å². The van der Waals surface area contributed by atoms with Crippen LogP contribution in [0.25, 0.3) is 0 Å². The Labute approximate surface area is 122 Å². The predicted octanol–water partition coefficient (Wildman–Crippen LogP) is 4.12. The summed E-state index contributed by atoms with van der Waals surface area (Å²) in [5, 5.41) is 0. The van der Waals surface area contributed by atoms with Gasteiger partial charge in [0, 0.05) is 4.47 Å². The third kappa shape index (κ3) is 2.99. The summed E-state index contributed by atoms with van der Waals surface area (Å²) in [6.07, 6.45) is 0. The van der Waals surface area contributed by atoms with E-state index in [1.165, 1.54) is 5.56 Å². The van der Waals surface area contributed by atoms with Crippen LogP contribution in [0.1, 0.15) is 28.3 Å². The Morgan fingerprint density at radius 1 is 1.00 bits per heavy atom. The highest BCUT2D eigenvalue weighted by Gasteiger charge is 2.11. The molecule has 0 radical (unpaired) electrons. The number of hydrogen-bond donors (Lipinski definition) is 1. The molecule has 0 aliphatic rings. The lowest BCUT2D eigenvalue weighted by molar-refractivity contribution is 0.411. The van der Waals surface area contributed by atoms with Crippen LogP contribution in [0.15, 0.2) is 40.9 Å². The summed E-state index contributed by atoms with van der Waals surface area (Å²) in [7, 11) is 1.68. The Hall–Kier alpha value is -1.32. The number of benzene rings is 2. The summed E-state index contributed by atoms with van der Waals surface area (Å²) in [6, 6.07) is 12.2.